The van der Waals surface area contributed by atoms with Crippen molar-refractivity contribution in [3.8, 4) is 5.75 Å². The Balaban J connectivity index is 1.70. The molecule has 0 spiro atoms. The second kappa shape index (κ2) is 8.73. The fraction of sp³-hybridized carbons (Fsp3) is 0.190. The normalized spacial score (nSPS) is 10.6. The highest BCUT2D eigenvalue weighted by atomic mass is 35.5. The molecule has 2 aromatic carbocycles. The second-order valence-corrected chi connectivity index (χ2v) is 6.57. The molecule has 0 fully saturated rings. The molecule has 0 aliphatic heterocycles. The summed E-state index contributed by atoms with van der Waals surface area (Å²) >= 11 is 6.00. The SMILES string of the molecule is Cc1cc(OCC(=O)N(Cc2cccc(F)c2)Cc2ccco2)ccc1Cl. The molecular weight excluding hydrogens is 369 g/mol. The monoisotopic (exact) mass is 387 g/mol. The zero-order valence-corrected chi connectivity index (χ0v) is 15.6. The van der Waals surface area contributed by atoms with Crippen LogP contribution in [-0.2, 0) is 17.9 Å². The molecule has 0 aliphatic carbocycles. The third-order valence-electron chi connectivity index (χ3n) is 4.03. The summed E-state index contributed by atoms with van der Waals surface area (Å²) in [6.45, 7) is 2.24. The van der Waals surface area contributed by atoms with Crippen LogP contribution in [-0.4, -0.2) is 17.4 Å². The van der Waals surface area contributed by atoms with Crippen molar-refractivity contribution in [3.05, 3.63) is 88.6 Å². The molecule has 0 radical (unpaired) electrons. The molecular formula is C21H19ClFNO3. The maximum atomic E-state index is 13.5. The number of hydrogen-bond donors (Lipinski definition) is 0. The molecule has 1 heterocycles. The van der Waals surface area contributed by atoms with Crippen LogP contribution in [0.2, 0.25) is 5.02 Å². The van der Waals surface area contributed by atoms with Crippen LogP contribution in [0.4, 0.5) is 4.39 Å². The van der Waals surface area contributed by atoms with Crippen molar-refractivity contribution in [2.75, 3.05) is 6.61 Å². The molecule has 3 aromatic rings. The van der Waals surface area contributed by atoms with Gasteiger partial charge in [-0.2, -0.15) is 0 Å². The molecule has 140 valence electrons. The number of carbonyl (C=O) groups excluding carboxylic acids is 1. The van der Waals surface area contributed by atoms with Crippen molar-refractivity contribution in [2.24, 2.45) is 0 Å². The lowest BCUT2D eigenvalue weighted by Crippen LogP contribution is -2.34. The van der Waals surface area contributed by atoms with E-state index >= 15 is 0 Å². The number of furan rings is 1. The van der Waals surface area contributed by atoms with Crippen LogP contribution < -0.4 is 4.74 Å². The van der Waals surface area contributed by atoms with E-state index in [0.29, 0.717) is 22.1 Å². The summed E-state index contributed by atoms with van der Waals surface area (Å²) in [5, 5.41) is 0.638. The lowest BCUT2D eigenvalue weighted by molar-refractivity contribution is -0.134. The number of hydrogen-bond acceptors (Lipinski definition) is 3. The fourth-order valence-corrected chi connectivity index (χ4v) is 2.74. The van der Waals surface area contributed by atoms with E-state index in [1.807, 2.05) is 6.92 Å². The predicted octanol–water partition coefficient (Wildman–Crippen LogP) is 4.99. The van der Waals surface area contributed by atoms with Gasteiger partial charge in [-0.05, 0) is 60.5 Å². The van der Waals surface area contributed by atoms with E-state index in [2.05, 4.69) is 0 Å². The van der Waals surface area contributed by atoms with E-state index < -0.39 is 0 Å². The van der Waals surface area contributed by atoms with Crippen molar-refractivity contribution in [2.45, 2.75) is 20.0 Å². The molecule has 0 aliphatic rings. The lowest BCUT2D eigenvalue weighted by Gasteiger charge is -2.22. The topological polar surface area (TPSA) is 42.7 Å². The second-order valence-electron chi connectivity index (χ2n) is 6.16. The Morgan fingerprint density at radius 1 is 1.15 bits per heavy atom. The minimum atomic E-state index is -0.342. The van der Waals surface area contributed by atoms with Gasteiger partial charge in [0, 0.05) is 11.6 Å². The van der Waals surface area contributed by atoms with E-state index in [1.54, 1.807) is 53.6 Å². The Morgan fingerprint density at radius 2 is 2.00 bits per heavy atom. The van der Waals surface area contributed by atoms with Crippen LogP contribution in [0, 0.1) is 12.7 Å². The van der Waals surface area contributed by atoms with Gasteiger partial charge in [0.2, 0.25) is 0 Å². The van der Waals surface area contributed by atoms with Crippen molar-refractivity contribution in [1.29, 1.82) is 0 Å². The maximum Gasteiger partial charge on any atom is 0.261 e. The molecule has 27 heavy (non-hydrogen) atoms. The van der Waals surface area contributed by atoms with Gasteiger partial charge in [0.05, 0.1) is 12.8 Å². The summed E-state index contributed by atoms with van der Waals surface area (Å²) in [5.41, 5.74) is 1.56. The van der Waals surface area contributed by atoms with E-state index in [9.17, 15) is 9.18 Å². The molecule has 1 amide bonds. The minimum Gasteiger partial charge on any atom is -0.484 e. The van der Waals surface area contributed by atoms with Crippen LogP contribution in [0.25, 0.3) is 0 Å². The molecule has 4 nitrogen and oxygen atoms in total. The number of aryl methyl sites for hydroxylation is 1. The summed E-state index contributed by atoms with van der Waals surface area (Å²) in [6, 6.07) is 14.9. The third-order valence-corrected chi connectivity index (χ3v) is 4.46. The van der Waals surface area contributed by atoms with Crippen molar-refractivity contribution in [1.82, 2.24) is 4.90 Å². The van der Waals surface area contributed by atoms with Gasteiger partial charge in [0.25, 0.3) is 5.91 Å². The predicted molar refractivity (Wildman–Crippen MR) is 101 cm³/mol. The Morgan fingerprint density at radius 3 is 2.70 bits per heavy atom. The fourth-order valence-electron chi connectivity index (χ4n) is 2.62. The molecule has 0 saturated heterocycles. The summed E-state index contributed by atoms with van der Waals surface area (Å²) < 4.78 is 24.4. The summed E-state index contributed by atoms with van der Waals surface area (Å²) in [5.74, 6) is 0.630. The first-order valence-corrected chi connectivity index (χ1v) is 8.82. The molecule has 0 bridgehead atoms. The van der Waals surface area contributed by atoms with Gasteiger partial charge in [-0.15, -0.1) is 0 Å². The average Bonchev–Trinajstić information content (AvgIpc) is 3.15. The van der Waals surface area contributed by atoms with Gasteiger partial charge in [-0.25, -0.2) is 4.39 Å². The Kier molecular flexibility index (Phi) is 6.14. The highest BCUT2D eigenvalue weighted by Gasteiger charge is 2.17. The number of ether oxygens (including phenoxy) is 1. The number of amides is 1. The quantitative estimate of drug-likeness (QED) is 0.573. The van der Waals surface area contributed by atoms with E-state index in [0.717, 1.165) is 5.56 Å². The van der Waals surface area contributed by atoms with Crippen molar-refractivity contribution in [3.63, 3.8) is 0 Å². The maximum absolute atomic E-state index is 13.5. The standard InChI is InChI=1S/C21H19ClFNO3/c1-15-10-18(7-8-20(15)22)27-14-21(25)24(13-19-6-3-9-26-19)12-16-4-2-5-17(23)11-16/h2-11H,12-14H2,1H3. The van der Waals surface area contributed by atoms with Crippen LogP contribution in [0.3, 0.4) is 0 Å². The first-order valence-electron chi connectivity index (χ1n) is 8.45. The van der Waals surface area contributed by atoms with Crippen LogP contribution in [0.1, 0.15) is 16.9 Å². The van der Waals surface area contributed by atoms with E-state index in [4.69, 9.17) is 20.8 Å². The minimum absolute atomic E-state index is 0.142. The number of halogens is 2. The average molecular weight is 388 g/mol. The molecule has 0 N–H and O–H groups in total. The van der Waals surface area contributed by atoms with Gasteiger partial charge in [0.1, 0.15) is 17.3 Å². The Bertz CT molecular complexity index is 912. The van der Waals surface area contributed by atoms with E-state index in [1.165, 1.54) is 12.1 Å². The first-order chi connectivity index (χ1) is 13.0. The summed E-state index contributed by atoms with van der Waals surface area (Å²) in [4.78, 5) is 14.3. The molecule has 6 heteroatoms. The van der Waals surface area contributed by atoms with Gasteiger partial charge in [0.15, 0.2) is 6.61 Å². The zero-order chi connectivity index (χ0) is 19.2. The number of benzene rings is 2. The van der Waals surface area contributed by atoms with Gasteiger partial charge < -0.3 is 14.1 Å². The van der Waals surface area contributed by atoms with Crippen LogP contribution in [0.5, 0.6) is 5.75 Å². The van der Waals surface area contributed by atoms with Crippen LogP contribution >= 0.6 is 11.6 Å². The molecule has 0 saturated carbocycles. The smallest absolute Gasteiger partial charge is 0.261 e. The van der Waals surface area contributed by atoms with Gasteiger partial charge >= 0.3 is 0 Å². The largest absolute Gasteiger partial charge is 0.484 e. The molecule has 0 unspecified atom stereocenters. The molecule has 3 rings (SSSR count). The summed E-state index contributed by atoms with van der Waals surface area (Å²) in [6.07, 6.45) is 1.55. The highest BCUT2D eigenvalue weighted by molar-refractivity contribution is 6.31. The highest BCUT2D eigenvalue weighted by Crippen LogP contribution is 2.21. The third kappa shape index (κ3) is 5.34. The zero-order valence-electron chi connectivity index (χ0n) is 14.8. The van der Waals surface area contributed by atoms with Crippen molar-refractivity contribution < 1.29 is 18.3 Å². The van der Waals surface area contributed by atoms with Gasteiger partial charge in [-0.3, -0.25) is 4.79 Å². The number of rotatable bonds is 7. The number of nitrogens with zero attached hydrogens (tertiary/aromatic N) is 1. The van der Waals surface area contributed by atoms with Crippen LogP contribution in [0.15, 0.2) is 65.3 Å². The van der Waals surface area contributed by atoms with E-state index in [-0.39, 0.29) is 31.4 Å². The Labute approximate surface area is 162 Å². The molecule has 0 atom stereocenters. The van der Waals surface area contributed by atoms with Gasteiger partial charge in [-0.1, -0.05) is 23.7 Å². The lowest BCUT2D eigenvalue weighted by atomic mass is 10.2. The Hall–Kier alpha value is -2.79. The number of carbonyl (C=O) groups is 1. The van der Waals surface area contributed by atoms with Crippen molar-refractivity contribution >= 4 is 17.5 Å². The summed E-state index contributed by atoms with van der Waals surface area (Å²) in [7, 11) is 0. The molecule has 1 aromatic heterocycles. The first kappa shape index (κ1) is 19.0.